The average Bonchev–Trinajstić information content (AvgIpc) is 2.39. The minimum atomic E-state index is -0.318. The zero-order valence-corrected chi connectivity index (χ0v) is 12.3. The molecule has 0 aliphatic rings. The maximum atomic E-state index is 13.3. The second kappa shape index (κ2) is 6.37. The van der Waals surface area contributed by atoms with Crippen LogP contribution in [0.5, 0.6) is 5.75 Å². The summed E-state index contributed by atoms with van der Waals surface area (Å²) in [4.78, 5) is 0. The van der Waals surface area contributed by atoms with Crippen LogP contribution in [-0.2, 0) is 13.2 Å². The van der Waals surface area contributed by atoms with Crippen molar-refractivity contribution in [3.05, 3.63) is 62.8 Å². The predicted molar refractivity (Wildman–Crippen MR) is 77.8 cm³/mol. The monoisotopic (exact) mass is 343 g/mol. The van der Waals surface area contributed by atoms with E-state index in [1.165, 1.54) is 12.1 Å². The molecule has 0 bridgehead atoms. The number of benzene rings is 2. The molecule has 2 aromatic carbocycles. The van der Waals surface area contributed by atoms with Gasteiger partial charge in [0.25, 0.3) is 0 Å². The van der Waals surface area contributed by atoms with Crippen molar-refractivity contribution in [2.45, 2.75) is 13.2 Å². The van der Waals surface area contributed by atoms with E-state index in [1.54, 1.807) is 12.1 Å². The first kappa shape index (κ1) is 14.3. The van der Waals surface area contributed by atoms with E-state index >= 15 is 0 Å². The Bertz CT molecular complexity index is 592. The summed E-state index contributed by atoms with van der Waals surface area (Å²) < 4.78 is 19.8. The Morgan fingerprint density at radius 3 is 2.63 bits per heavy atom. The smallest absolute Gasteiger partial charge is 0.139 e. The molecule has 0 aliphatic carbocycles. The number of ether oxygens (including phenoxy) is 1. The predicted octanol–water partition coefficient (Wildman–Crippen LogP) is 4.28. The van der Waals surface area contributed by atoms with E-state index in [4.69, 9.17) is 22.1 Å². The van der Waals surface area contributed by atoms with Gasteiger partial charge in [-0.15, -0.1) is 0 Å². The van der Waals surface area contributed by atoms with Gasteiger partial charge in [-0.05, 0) is 41.5 Å². The van der Waals surface area contributed by atoms with Crippen molar-refractivity contribution in [1.82, 2.24) is 0 Å². The normalized spacial score (nSPS) is 10.5. The number of rotatable bonds is 4. The lowest BCUT2D eigenvalue weighted by Gasteiger charge is -2.09. The minimum absolute atomic E-state index is 0.237. The van der Waals surface area contributed by atoms with E-state index < -0.39 is 0 Å². The fourth-order valence-corrected chi connectivity index (χ4v) is 2.18. The molecular weight excluding hydrogens is 333 g/mol. The zero-order valence-electron chi connectivity index (χ0n) is 10.00. The summed E-state index contributed by atoms with van der Waals surface area (Å²) in [7, 11) is 0. The number of halogens is 3. The highest BCUT2D eigenvalue weighted by atomic mass is 79.9. The minimum Gasteiger partial charge on any atom is -0.487 e. The third-order valence-corrected chi connectivity index (χ3v) is 3.35. The van der Waals surface area contributed by atoms with Crippen LogP contribution in [-0.4, -0.2) is 0 Å². The van der Waals surface area contributed by atoms with Crippen LogP contribution in [0.25, 0.3) is 0 Å². The van der Waals surface area contributed by atoms with Gasteiger partial charge < -0.3 is 10.5 Å². The molecule has 0 aromatic heterocycles. The van der Waals surface area contributed by atoms with Crippen molar-refractivity contribution in [1.29, 1.82) is 0 Å². The quantitative estimate of drug-likeness (QED) is 0.898. The van der Waals surface area contributed by atoms with E-state index in [0.29, 0.717) is 17.3 Å². The summed E-state index contributed by atoms with van der Waals surface area (Å²) in [5.74, 6) is 0.233. The Labute approximate surface area is 124 Å². The molecule has 0 saturated heterocycles. The van der Waals surface area contributed by atoms with Gasteiger partial charge in [-0.25, -0.2) is 4.39 Å². The van der Waals surface area contributed by atoms with Gasteiger partial charge in [0.05, 0.1) is 5.02 Å². The Morgan fingerprint density at radius 1 is 1.16 bits per heavy atom. The summed E-state index contributed by atoms with van der Waals surface area (Å²) in [5.41, 5.74) is 6.96. The molecule has 0 aliphatic heterocycles. The number of hydrogen-bond acceptors (Lipinski definition) is 2. The van der Waals surface area contributed by atoms with E-state index in [9.17, 15) is 4.39 Å². The van der Waals surface area contributed by atoms with Crippen LogP contribution in [0.3, 0.4) is 0 Å². The van der Waals surface area contributed by atoms with Crippen molar-refractivity contribution in [3.8, 4) is 5.75 Å². The molecule has 100 valence electrons. The molecule has 0 atom stereocenters. The van der Waals surface area contributed by atoms with Gasteiger partial charge in [-0.2, -0.15) is 0 Å². The van der Waals surface area contributed by atoms with Gasteiger partial charge >= 0.3 is 0 Å². The van der Waals surface area contributed by atoms with Crippen LogP contribution in [0.15, 0.2) is 40.9 Å². The van der Waals surface area contributed by atoms with Crippen molar-refractivity contribution < 1.29 is 9.13 Å². The van der Waals surface area contributed by atoms with E-state index in [0.717, 1.165) is 15.6 Å². The Kier molecular flexibility index (Phi) is 4.80. The van der Waals surface area contributed by atoms with Crippen LogP contribution in [0, 0.1) is 5.82 Å². The number of nitrogens with two attached hydrogens (primary N) is 1. The van der Waals surface area contributed by atoms with Crippen molar-refractivity contribution in [2.24, 2.45) is 5.73 Å². The second-order valence-corrected chi connectivity index (χ2v) is 5.36. The molecule has 2 nitrogen and oxygen atoms in total. The van der Waals surface area contributed by atoms with Crippen LogP contribution in [0.2, 0.25) is 5.02 Å². The molecule has 5 heteroatoms. The molecule has 2 N–H and O–H groups in total. The van der Waals surface area contributed by atoms with Gasteiger partial charge in [0, 0.05) is 11.0 Å². The highest BCUT2D eigenvalue weighted by Gasteiger charge is 2.05. The molecule has 2 aromatic rings. The molecule has 0 amide bonds. The Balaban J connectivity index is 2.14. The maximum absolute atomic E-state index is 13.3. The van der Waals surface area contributed by atoms with Crippen LogP contribution in [0.1, 0.15) is 11.1 Å². The van der Waals surface area contributed by atoms with E-state index in [2.05, 4.69) is 15.9 Å². The third kappa shape index (κ3) is 3.93. The van der Waals surface area contributed by atoms with Crippen LogP contribution < -0.4 is 10.5 Å². The zero-order chi connectivity index (χ0) is 13.8. The Morgan fingerprint density at radius 2 is 1.89 bits per heavy atom. The van der Waals surface area contributed by atoms with Gasteiger partial charge in [0.15, 0.2) is 0 Å². The van der Waals surface area contributed by atoms with Crippen molar-refractivity contribution >= 4 is 27.5 Å². The first-order chi connectivity index (χ1) is 9.08. The fraction of sp³-hybridized carbons (Fsp3) is 0.143. The highest BCUT2D eigenvalue weighted by Crippen LogP contribution is 2.28. The topological polar surface area (TPSA) is 35.2 Å². The lowest BCUT2D eigenvalue weighted by molar-refractivity contribution is 0.305. The molecule has 0 saturated carbocycles. The summed E-state index contributed by atoms with van der Waals surface area (Å²) >= 11 is 9.35. The summed E-state index contributed by atoms with van der Waals surface area (Å²) in [6.07, 6.45) is 0. The van der Waals surface area contributed by atoms with Crippen LogP contribution >= 0.6 is 27.5 Å². The SMILES string of the molecule is NCc1cc(F)cc(COc2cc(Br)ccc2Cl)c1. The summed E-state index contributed by atoms with van der Waals surface area (Å²) in [6.45, 7) is 0.531. The largest absolute Gasteiger partial charge is 0.487 e. The standard InChI is InChI=1S/C14H12BrClFNO/c15-11-1-2-13(16)14(6-11)19-8-10-3-9(7-18)4-12(17)5-10/h1-6H,7-8,18H2. The first-order valence-electron chi connectivity index (χ1n) is 5.65. The van der Waals surface area contributed by atoms with E-state index in [-0.39, 0.29) is 12.4 Å². The third-order valence-electron chi connectivity index (χ3n) is 2.54. The molecule has 2 rings (SSSR count). The van der Waals surface area contributed by atoms with Crippen molar-refractivity contribution in [3.63, 3.8) is 0 Å². The van der Waals surface area contributed by atoms with Gasteiger partial charge in [-0.3, -0.25) is 0 Å². The maximum Gasteiger partial charge on any atom is 0.139 e. The molecule has 0 fully saturated rings. The average molecular weight is 345 g/mol. The van der Waals surface area contributed by atoms with Crippen LogP contribution in [0.4, 0.5) is 4.39 Å². The second-order valence-electron chi connectivity index (χ2n) is 4.04. The van der Waals surface area contributed by atoms with Crippen molar-refractivity contribution in [2.75, 3.05) is 0 Å². The first-order valence-corrected chi connectivity index (χ1v) is 6.82. The fourth-order valence-electron chi connectivity index (χ4n) is 1.67. The highest BCUT2D eigenvalue weighted by molar-refractivity contribution is 9.10. The van der Waals surface area contributed by atoms with Gasteiger partial charge in [0.2, 0.25) is 0 Å². The van der Waals surface area contributed by atoms with Gasteiger partial charge in [-0.1, -0.05) is 33.6 Å². The summed E-state index contributed by atoms with van der Waals surface area (Å²) in [5, 5.41) is 0.513. The molecule has 0 spiro atoms. The molecular formula is C14H12BrClFNO. The molecule has 19 heavy (non-hydrogen) atoms. The molecule has 0 heterocycles. The Hall–Kier alpha value is -1.10. The van der Waals surface area contributed by atoms with Gasteiger partial charge in [0.1, 0.15) is 18.2 Å². The summed E-state index contributed by atoms with van der Waals surface area (Å²) in [6, 6.07) is 9.98. The molecule has 0 radical (unpaired) electrons. The molecule has 0 unspecified atom stereocenters. The lowest BCUT2D eigenvalue weighted by Crippen LogP contribution is -2.01. The number of hydrogen-bond donors (Lipinski definition) is 1. The van der Waals surface area contributed by atoms with E-state index in [1.807, 2.05) is 12.1 Å². The lowest BCUT2D eigenvalue weighted by atomic mass is 10.1.